The van der Waals surface area contributed by atoms with E-state index in [1.807, 2.05) is 0 Å². The summed E-state index contributed by atoms with van der Waals surface area (Å²) in [7, 11) is 4.18. The van der Waals surface area contributed by atoms with E-state index in [0.29, 0.717) is 17.6 Å². The van der Waals surface area contributed by atoms with Gasteiger partial charge in [0.15, 0.2) is 0 Å². The number of ketones is 1. The molecule has 0 heterocycles. The maximum atomic E-state index is 12.2. The zero-order chi connectivity index (χ0) is 10.6. The number of Topliss-reactive ketones (excluding diaryl/α,β-unsaturated/α-hetero) is 1. The Morgan fingerprint density at radius 3 is 2.67 bits per heavy atom. The number of rotatable bonds is 2. The van der Waals surface area contributed by atoms with E-state index in [1.165, 1.54) is 25.7 Å². The molecule has 0 spiro atoms. The van der Waals surface area contributed by atoms with Gasteiger partial charge in [-0.3, -0.25) is 4.79 Å². The van der Waals surface area contributed by atoms with Gasteiger partial charge in [0.2, 0.25) is 0 Å². The van der Waals surface area contributed by atoms with Crippen LogP contribution in [0.25, 0.3) is 0 Å². The number of carbonyl (C=O) groups is 1. The van der Waals surface area contributed by atoms with Crippen molar-refractivity contribution in [2.24, 2.45) is 29.6 Å². The van der Waals surface area contributed by atoms with Gasteiger partial charge in [-0.15, -0.1) is 0 Å². The second kappa shape index (κ2) is 3.31. The van der Waals surface area contributed by atoms with Crippen LogP contribution >= 0.6 is 0 Å². The van der Waals surface area contributed by atoms with E-state index >= 15 is 0 Å². The molecule has 0 radical (unpaired) electrons. The van der Waals surface area contributed by atoms with Gasteiger partial charge < -0.3 is 4.90 Å². The van der Waals surface area contributed by atoms with Gasteiger partial charge in [-0.2, -0.15) is 0 Å². The average Bonchev–Trinajstić information content (AvgIpc) is 2.77. The smallest absolute Gasteiger partial charge is 0.140 e. The highest BCUT2D eigenvalue weighted by Crippen LogP contribution is 2.59. The van der Waals surface area contributed by atoms with Crippen molar-refractivity contribution in [2.75, 3.05) is 20.6 Å². The molecule has 0 amide bonds. The van der Waals surface area contributed by atoms with E-state index < -0.39 is 0 Å². The fraction of sp³-hybridized carbons (Fsp3) is 0.923. The molecule has 0 N–H and O–H groups in total. The van der Waals surface area contributed by atoms with Crippen LogP contribution < -0.4 is 0 Å². The number of nitrogens with zero attached hydrogens (tertiary/aromatic N) is 1. The lowest BCUT2D eigenvalue weighted by atomic mass is 9.75. The highest BCUT2D eigenvalue weighted by Gasteiger charge is 2.58. The Morgan fingerprint density at radius 1 is 1.20 bits per heavy atom. The number of hydrogen-bond donors (Lipinski definition) is 0. The first-order valence-electron chi connectivity index (χ1n) is 6.37. The lowest BCUT2D eigenvalue weighted by molar-refractivity contribution is -0.129. The molecule has 0 aromatic rings. The lowest BCUT2D eigenvalue weighted by Crippen LogP contribution is -2.38. The van der Waals surface area contributed by atoms with Crippen LogP contribution in [0.15, 0.2) is 0 Å². The number of carbonyl (C=O) groups excluding carboxylic acids is 1. The molecular formula is C13H21NO. The van der Waals surface area contributed by atoms with Crippen LogP contribution in [0, 0.1) is 29.6 Å². The van der Waals surface area contributed by atoms with Crippen LogP contribution in [-0.2, 0) is 4.79 Å². The fourth-order valence-corrected chi connectivity index (χ4v) is 4.59. The third kappa shape index (κ3) is 1.30. The summed E-state index contributed by atoms with van der Waals surface area (Å²) in [6.45, 7) is 0.989. The molecule has 0 unspecified atom stereocenters. The van der Waals surface area contributed by atoms with E-state index in [-0.39, 0.29) is 0 Å². The maximum absolute atomic E-state index is 12.2. The van der Waals surface area contributed by atoms with Crippen molar-refractivity contribution in [3.63, 3.8) is 0 Å². The molecule has 3 saturated carbocycles. The lowest BCUT2D eigenvalue weighted by Gasteiger charge is -2.31. The number of fused-ring (bicyclic) bond motifs is 5. The van der Waals surface area contributed by atoms with Crippen molar-refractivity contribution in [2.45, 2.75) is 25.7 Å². The molecule has 2 nitrogen and oxygen atoms in total. The predicted octanol–water partition coefficient (Wildman–Crippen LogP) is 1.80. The molecule has 0 aromatic carbocycles. The van der Waals surface area contributed by atoms with E-state index in [9.17, 15) is 4.79 Å². The summed E-state index contributed by atoms with van der Waals surface area (Å²) in [6.07, 6.45) is 5.35. The molecule has 3 fully saturated rings. The molecule has 15 heavy (non-hydrogen) atoms. The molecule has 84 valence electrons. The highest BCUT2D eigenvalue weighted by atomic mass is 16.1. The molecule has 3 rings (SSSR count). The first kappa shape index (κ1) is 9.83. The molecule has 2 heteroatoms. The molecule has 0 saturated heterocycles. The summed E-state index contributed by atoms with van der Waals surface area (Å²) < 4.78 is 0. The second-order valence-electron chi connectivity index (χ2n) is 6.04. The first-order chi connectivity index (χ1) is 7.18. The van der Waals surface area contributed by atoms with Crippen LogP contribution in [-0.4, -0.2) is 31.3 Å². The Labute approximate surface area is 92.0 Å². The van der Waals surface area contributed by atoms with Gasteiger partial charge in [-0.1, -0.05) is 6.42 Å². The zero-order valence-electron chi connectivity index (χ0n) is 9.78. The van der Waals surface area contributed by atoms with Crippen molar-refractivity contribution >= 4 is 5.78 Å². The topological polar surface area (TPSA) is 20.3 Å². The largest absolute Gasteiger partial charge is 0.309 e. The van der Waals surface area contributed by atoms with Crippen LogP contribution in [0.3, 0.4) is 0 Å². The van der Waals surface area contributed by atoms with Crippen molar-refractivity contribution in [3.8, 4) is 0 Å². The van der Waals surface area contributed by atoms with Crippen LogP contribution in [0.4, 0.5) is 0 Å². The minimum absolute atomic E-state index is 0.379. The van der Waals surface area contributed by atoms with Crippen LogP contribution in [0.2, 0.25) is 0 Å². The molecule has 0 aromatic heterocycles. The fourth-order valence-electron chi connectivity index (χ4n) is 4.59. The second-order valence-corrected chi connectivity index (χ2v) is 6.04. The summed E-state index contributed by atoms with van der Waals surface area (Å²) in [5.74, 6) is 3.91. The van der Waals surface area contributed by atoms with Gasteiger partial charge in [0.1, 0.15) is 5.78 Å². The third-order valence-corrected chi connectivity index (χ3v) is 5.03. The average molecular weight is 207 g/mol. The summed E-state index contributed by atoms with van der Waals surface area (Å²) in [5.41, 5.74) is 0. The Bertz CT molecular complexity index is 286. The van der Waals surface area contributed by atoms with Gasteiger partial charge in [0.05, 0.1) is 0 Å². The SMILES string of the molecule is CN(C)C[C@@H]1C(=O)[C@H]2C[C@@H]1[C@H]1CCC[C@H]12. The molecule has 5 atom stereocenters. The van der Waals surface area contributed by atoms with E-state index in [0.717, 1.165) is 24.3 Å². The normalized spacial score (nSPS) is 47.9. The van der Waals surface area contributed by atoms with Gasteiger partial charge in [-0.25, -0.2) is 0 Å². The predicted molar refractivity (Wildman–Crippen MR) is 59.5 cm³/mol. The van der Waals surface area contributed by atoms with Gasteiger partial charge >= 0.3 is 0 Å². The first-order valence-corrected chi connectivity index (χ1v) is 6.37. The van der Waals surface area contributed by atoms with Crippen LogP contribution in [0.5, 0.6) is 0 Å². The van der Waals surface area contributed by atoms with E-state index in [4.69, 9.17) is 0 Å². The van der Waals surface area contributed by atoms with Crippen molar-refractivity contribution < 1.29 is 4.79 Å². The Kier molecular flexibility index (Phi) is 2.17. The molecular weight excluding hydrogens is 186 g/mol. The minimum atomic E-state index is 0.379. The Balaban J connectivity index is 1.81. The van der Waals surface area contributed by atoms with Gasteiger partial charge in [0.25, 0.3) is 0 Å². The van der Waals surface area contributed by atoms with E-state index in [2.05, 4.69) is 19.0 Å². The minimum Gasteiger partial charge on any atom is -0.309 e. The van der Waals surface area contributed by atoms with Gasteiger partial charge in [-0.05, 0) is 51.1 Å². The highest BCUT2D eigenvalue weighted by molar-refractivity contribution is 5.87. The monoisotopic (exact) mass is 207 g/mol. The standard InChI is InChI=1S/C13H21NO/c1-14(2)7-12-10-6-11(13(12)15)9-5-3-4-8(9)10/h8-12H,3-7H2,1-2H3/t8-,9+,10+,11-,12-/m0/s1. The maximum Gasteiger partial charge on any atom is 0.140 e. The molecule has 3 aliphatic rings. The van der Waals surface area contributed by atoms with E-state index in [1.54, 1.807) is 0 Å². The molecule has 2 bridgehead atoms. The van der Waals surface area contributed by atoms with Crippen molar-refractivity contribution in [3.05, 3.63) is 0 Å². The number of hydrogen-bond acceptors (Lipinski definition) is 2. The van der Waals surface area contributed by atoms with Crippen molar-refractivity contribution in [1.29, 1.82) is 0 Å². The summed E-state index contributed by atoms with van der Waals surface area (Å²) in [4.78, 5) is 14.4. The summed E-state index contributed by atoms with van der Waals surface area (Å²) >= 11 is 0. The molecule has 3 aliphatic carbocycles. The summed E-state index contributed by atoms with van der Waals surface area (Å²) in [6, 6.07) is 0. The Morgan fingerprint density at radius 2 is 1.93 bits per heavy atom. The quantitative estimate of drug-likeness (QED) is 0.688. The van der Waals surface area contributed by atoms with Gasteiger partial charge in [0, 0.05) is 18.4 Å². The summed E-state index contributed by atoms with van der Waals surface area (Å²) in [5, 5.41) is 0. The zero-order valence-corrected chi connectivity index (χ0v) is 9.78. The molecule has 0 aliphatic heterocycles. The van der Waals surface area contributed by atoms with Crippen molar-refractivity contribution in [1.82, 2.24) is 4.90 Å². The third-order valence-electron chi connectivity index (χ3n) is 5.03. The Hall–Kier alpha value is -0.370. The van der Waals surface area contributed by atoms with Crippen LogP contribution in [0.1, 0.15) is 25.7 Å².